The van der Waals surface area contributed by atoms with Crippen LogP contribution in [-0.4, -0.2) is 49.4 Å². The van der Waals surface area contributed by atoms with Gasteiger partial charge in [-0.05, 0) is 67.2 Å². The topological polar surface area (TPSA) is 44.8 Å². The third kappa shape index (κ3) is 9.13. The second kappa shape index (κ2) is 14.0. The maximum atomic E-state index is 15.0. The van der Waals surface area contributed by atoms with E-state index in [1.807, 2.05) is 60.7 Å². The molecule has 0 aromatic heterocycles. The molecule has 8 heteroatoms. The molecule has 1 aliphatic rings. The van der Waals surface area contributed by atoms with Gasteiger partial charge in [0.2, 0.25) is 0 Å². The van der Waals surface area contributed by atoms with Gasteiger partial charge >= 0.3 is 0 Å². The first-order valence-electron chi connectivity index (χ1n) is 17.2. The molecule has 1 fully saturated rings. The predicted octanol–water partition coefficient (Wildman–Crippen LogP) is 10.9. The second-order valence-electron chi connectivity index (χ2n) is 18.0. The zero-order valence-corrected chi connectivity index (χ0v) is 35.7. The molecule has 4 nitrogen and oxygen atoms in total. The van der Waals surface area contributed by atoms with Crippen molar-refractivity contribution in [2.75, 3.05) is 6.16 Å². The number of benzene rings is 2. The van der Waals surface area contributed by atoms with Crippen molar-refractivity contribution in [1.82, 2.24) is 0 Å². The average Bonchev–Trinajstić information content (AvgIpc) is 2.92. The number of rotatable bonds is 10. The van der Waals surface area contributed by atoms with Crippen LogP contribution in [0.25, 0.3) is 0 Å². The summed E-state index contributed by atoms with van der Waals surface area (Å²) in [6.45, 7) is 34.9. The summed E-state index contributed by atoms with van der Waals surface area (Å²) in [5.74, 6) is 0. The Balaban J connectivity index is 2.16. The Morgan fingerprint density at radius 3 is 1.26 bits per heavy atom. The van der Waals surface area contributed by atoms with E-state index in [2.05, 4.69) is 108 Å². The van der Waals surface area contributed by atoms with E-state index in [4.69, 9.17) is 13.3 Å². The SMILES string of the molecule is CC(C)(C)[Si](C)(C)OC1[C@H](O[Si](C)(C)C(C)(C)C)CC(=CCP(=O)(c2ccccc2)c2ccccc2)C[C@H]1O[Si](C)(C)C(C)(C)C. The van der Waals surface area contributed by atoms with Crippen LogP contribution in [0.2, 0.25) is 54.4 Å². The first-order valence-corrected chi connectivity index (χ1v) is 27.8. The smallest absolute Gasteiger partial charge is 0.192 e. The van der Waals surface area contributed by atoms with Crippen molar-refractivity contribution in [3.63, 3.8) is 0 Å². The van der Waals surface area contributed by atoms with E-state index in [1.54, 1.807) is 0 Å². The summed E-state index contributed by atoms with van der Waals surface area (Å²) in [6, 6.07) is 20.0. The lowest BCUT2D eigenvalue weighted by molar-refractivity contribution is -0.0527. The molecule has 0 aliphatic heterocycles. The molecule has 0 N–H and O–H groups in total. The fourth-order valence-electron chi connectivity index (χ4n) is 5.19. The molecule has 0 radical (unpaired) electrons. The van der Waals surface area contributed by atoms with Crippen molar-refractivity contribution >= 4 is 42.7 Å². The van der Waals surface area contributed by atoms with Crippen molar-refractivity contribution in [1.29, 1.82) is 0 Å². The third-order valence-corrected chi connectivity index (χ3v) is 27.8. The molecule has 258 valence electrons. The summed E-state index contributed by atoms with van der Waals surface area (Å²) >= 11 is 0. The van der Waals surface area contributed by atoms with Gasteiger partial charge in [0, 0.05) is 16.8 Å². The zero-order chi connectivity index (χ0) is 35.0. The third-order valence-electron chi connectivity index (χ3n) is 11.4. The molecule has 0 saturated heterocycles. The van der Waals surface area contributed by atoms with E-state index in [0.29, 0.717) is 6.16 Å². The standard InChI is InChI=1S/C38H65O4PSi3/c1-36(2,3)44(10,11)40-33-28-30(26-27-43(39,31-22-18-16-19-23-31)32-24-20-17-21-25-32)29-34(41-45(12,13)37(4,5)6)35(33)42-46(14,15)38(7,8)9/h16-26,33-35H,27-29H2,1-15H3/t33-,34-,35?/m1/s1. The molecule has 46 heavy (non-hydrogen) atoms. The minimum Gasteiger partial charge on any atom is -0.411 e. The van der Waals surface area contributed by atoms with Gasteiger partial charge in [0.15, 0.2) is 25.0 Å². The summed E-state index contributed by atoms with van der Waals surface area (Å²) in [6.07, 6.45) is 3.88. The Morgan fingerprint density at radius 2 is 0.935 bits per heavy atom. The fraction of sp³-hybridized carbons (Fsp3) is 0.632. The van der Waals surface area contributed by atoms with Gasteiger partial charge in [-0.25, -0.2) is 0 Å². The highest BCUT2D eigenvalue weighted by Crippen LogP contribution is 2.48. The molecule has 0 heterocycles. The Morgan fingerprint density at radius 1 is 0.609 bits per heavy atom. The lowest BCUT2D eigenvalue weighted by Crippen LogP contribution is -2.59. The van der Waals surface area contributed by atoms with Crippen LogP contribution in [0, 0.1) is 0 Å². The van der Waals surface area contributed by atoms with Gasteiger partial charge in [0.05, 0.1) is 18.3 Å². The Bertz CT molecular complexity index is 1280. The molecule has 0 spiro atoms. The fourth-order valence-corrected chi connectivity index (χ4v) is 11.7. The number of hydrogen-bond donors (Lipinski definition) is 0. The van der Waals surface area contributed by atoms with Gasteiger partial charge in [-0.1, -0.05) is 135 Å². The first-order chi connectivity index (χ1) is 20.8. The maximum Gasteiger partial charge on any atom is 0.192 e. The predicted molar refractivity (Wildman–Crippen MR) is 208 cm³/mol. The molecular formula is C38H65O4PSi3. The van der Waals surface area contributed by atoms with Crippen molar-refractivity contribution in [2.24, 2.45) is 0 Å². The normalized spacial score (nSPS) is 20.9. The number of allylic oxidation sites excluding steroid dienone is 1. The molecule has 3 rings (SSSR count). The Hall–Kier alpha value is -1.06. The number of hydrogen-bond acceptors (Lipinski definition) is 4. The lowest BCUT2D eigenvalue weighted by Gasteiger charge is -2.51. The first kappa shape index (κ1) is 39.4. The van der Waals surface area contributed by atoms with Gasteiger partial charge in [-0.3, -0.25) is 0 Å². The highest BCUT2D eigenvalue weighted by molar-refractivity contribution is 7.78. The van der Waals surface area contributed by atoms with Gasteiger partial charge in [-0.15, -0.1) is 0 Å². The highest BCUT2D eigenvalue weighted by Gasteiger charge is 2.51. The molecule has 2 aromatic carbocycles. The minimum atomic E-state index is -2.90. The highest BCUT2D eigenvalue weighted by atomic mass is 31.2. The van der Waals surface area contributed by atoms with Crippen LogP contribution < -0.4 is 10.6 Å². The van der Waals surface area contributed by atoms with E-state index in [1.165, 1.54) is 5.57 Å². The van der Waals surface area contributed by atoms with Gasteiger partial charge in [-0.2, -0.15) is 0 Å². The maximum absolute atomic E-state index is 15.0. The molecule has 1 saturated carbocycles. The summed E-state index contributed by atoms with van der Waals surface area (Å²) in [4.78, 5) is 0. The van der Waals surface area contributed by atoms with Crippen LogP contribution in [0.4, 0.5) is 0 Å². The molecule has 0 amide bonds. The molecule has 1 aliphatic carbocycles. The molecule has 2 atom stereocenters. The molecular weight excluding hydrogens is 636 g/mol. The molecule has 0 unspecified atom stereocenters. The Labute approximate surface area is 285 Å². The molecule has 0 bridgehead atoms. The minimum absolute atomic E-state index is 0.0575. The Kier molecular flexibility index (Phi) is 12.0. The summed E-state index contributed by atoms with van der Waals surface area (Å²) in [5, 5.41) is 1.97. The van der Waals surface area contributed by atoms with Gasteiger partial charge in [0.25, 0.3) is 0 Å². The quantitative estimate of drug-likeness (QED) is 0.141. The van der Waals surface area contributed by atoms with E-state index >= 15 is 0 Å². The van der Waals surface area contributed by atoms with Crippen molar-refractivity contribution in [3.8, 4) is 0 Å². The van der Waals surface area contributed by atoms with Gasteiger partial charge < -0.3 is 17.8 Å². The van der Waals surface area contributed by atoms with Crippen LogP contribution in [0.15, 0.2) is 72.3 Å². The van der Waals surface area contributed by atoms with Crippen molar-refractivity contribution in [2.45, 2.75) is 148 Å². The van der Waals surface area contributed by atoms with Crippen LogP contribution >= 0.6 is 7.14 Å². The van der Waals surface area contributed by atoms with Crippen LogP contribution in [0.5, 0.6) is 0 Å². The van der Waals surface area contributed by atoms with E-state index in [-0.39, 0.29) is 33.4 Å². The average molecular weight is 701 g/mol. The van der Waals surface area contributed by atoms with Crippen molar-refractivity contribution < 1.29 is 17.8 Å². The monoisotopic (exact) mass is 700 g/mol. The van der Waals surface area contributed by atoms with Crippen molar-refractivity contribution in [3.05, 3.63) is 72.3 Å². The zero-order valence-electron chi connectivity index (χ0n) is 31.8. The van der Waals surface area contributed by atoms with E-state index in [9.17, 15) is 4.57 Å². The van der Waals surface area contributed by atoms with E-state index in [0.717, 1.165) is 23.5 Å². The molecule has 2 aromatic rings. The largest absolute Gasteiger partial charge is 0.411 e. The van der Waals surface area contributed by atoms with Crippen LogP contribution in [-0.2, 0) is 17.8 Å². The van der Waals surface area contributed by atoms with E-state index < -0.39 is 32.1 Å². The van der Waals surface area contributed by atoms with Crippen LogP contribution in [0.1, 0.15) is 75.2 Å². The van der Waals surface area contributed by atoms with Crippen LogP contribution in [0.3, 0.4) is 0 Å². The second-order valence-corrected chi connectivity index (χ2v) is 35.2. The summed E-state index contributed by atoms with van der Waals surface area (Å²) in [7, 11) is -9.40. The summed E-state index contributed by atoms with van der Waals surface area (Å²) < 4.78 is 37.0. The van der Waals surface area contributed by atoms with Gasteiger partial charge in [0.1, 0.15) is 7.14 Å². The lowest BCUT2D eigenvalue weighted by atomic mass is 9.88. The summed E-state index contributed by atoms with van der Waals surface area (Å²) in [5.41, 5.74) is 1.27.